The summed E-state index contributed by atoms with van der Waals surface area (Å²) in [5.74, 6) is -0.679. The lowest BCUT2D eigenvalue weighted by atomic mass is 9.93. The molecule has 2 aliphatic rings. The zero-order valence-electron chi connectivity index (χ0n) is 14.2. The van der Waals surface area contributed by atoms with Gasteiger partial charge in [-0.1, -0.05) is 0 Å². The van der Waals surface area contributed by atoms with Crippen molar-refractivity contribution < 1.29 is 24.2 Å². The van der Waals surface area contributed by atoms with E-state index in [1.54, 1.807) is 12.3 Å². The molecule has 1 aromatic rings. The number of piperidine rings is 2. The first-order valence-corrected chi connectivity index (χ1v) is 8.41. The SMILES string of the molecule is Cl.O=C(O)CN1CCC(c2ccc(O[C@H]3CCC(=O)NC3=O)cn2)CC1. The zero-order valence-corrected chi connectivity index (χ0v) is 15.0. The number of aliphatic carboxylic acids is 1. The molecule has 2 N–H and O–H groups in total. The Balaban J connectivity index is 0.00000243. The molecule has 0 saturated carbocycles. The van der Waals surface area contributed by atoms with Gasteiger partial charge < -0.3 is 9.84 Å². The normalized spacial score (nSPS) is 21.6. The quantitative estimate of drug-likeness (QED) is 0.728. The summed E-state index contributed by atoms with van der Waals surface area (Å²) < 4.78 is 5.62. The number of ether oxygens (including phenoxy) is 1. The van der Waals surface area contributed by atoms with Crippen molar-refractivity contribution in [3.63, 3.8) is 0 Å². The Hall–Kier alpha value is -2.19. The maximum Gasteiger partial charge on any atom is 0.317 e. The number of amides is 2. The van der Waals surface area contributed by atoms with Crippen LogP contribution in [0.25, 0.3) is 0 Å². The lowest BCUT2D eigenvalue weighted by Gasteiger charge is -2.30. The Labute approximate surface area is 157 Å². The van der Waals surface area contributed by atoms with Crippen molar-refractivity contribution in [2.24, 2.45) is 0 Å². The second kappa shape index (κ2) is 8.95. The fourth-order valence-electron chi connectivity index (χ4n) is 3.23. The standard InChI is InChI=1S/C17H21N3O5.ClH/c21-15-4-3-14(17(24)19-15)25-12-1-2-13(18-9-12)11-5-7-20(8-6-11)10-16(22)23;/h1-2,9,11,14H,3-8,10H2,(H,22,23)(H,19,21,24);1H/t14-;/m0./s1. The molecular weight excluding hydrogens is 362 g/mol. The van der Waals surface area contributed by atoms with Gasteiger partial charge in [0.25, 0.3) is 5.91 Å². The second-order valence-electron chi connectivity index (χ2n) is 6.42. The summed E-state index contributed by atoms with van der Waals surface area (Å²) in [7, 11) is 0. The van der Waals surface area contributed by atoms with Gasteiger partial charge in [0.15, 0.2) is 6.10 Å². The van der Waals surface area contributed by atoms with E-state index in [1.807, 2.05) is 11.0 Å². The first-order valence-electron chi connectivity index (χ1n) is 8.41. The van der Waals surface area contributed by atoms with E-state index >= 15 is 0 Å². The van der Waals surface area contributed by atoms with Crippen LogP contribution in [0, 0.1) is 0 Å². The smallest absolute Gasteiger partial charge is 0.317 e. The summed E-state index contributed by atoms with van der Waals surface area (Å²) in [6.07, 6.45) is 3.32. The van der Waals surface area contributed by atoms with Gasteiger partial charge in [0.2, 0.25) is 5.91 Å². The minimum Gasteiger partial charge on any atom is -0.480 e. The molecule has 0 spiro atoms. The van der Waals surface area contributed by atoms with E-state index in [2.05, 4.69) is 10.3 Å². The van der Waals surface area contributed by atoms with Gasteiger partial charge in [0.05, 0.1) is 12.7 Å². The van der Waals surface area contributed by atoms with Gasteiger partial charge in [0.1, 0.15) is 5.75 Å². The summed E-state index contributed by atoms with van der Waals surface area (Å²) in [6.45, 7) is 1.57. The van der Waals surface area contributed by atoms with Crippen LogP contribution in [0.2, 0.25) is 0 Å². The number of hydrogen-bond donors (Lipinski definition) is 2. The van der Waals surface area contributed by atoms with Crippen molar-refractivity contribution >= 4 is 30.2 Å². The molecule has 2 aliphatic heterocycles. The molecule has 1 aromatic heterocycles. The molecule has 1 atom stereocenters. The highest BCUT2D eigenvalue weighted by Crippen LogP contribution is 2.27. The Morgan fingerprint density at radius 1 is 1.27 bits per heavy atom. The van der Waals surface area contributed by atoms with Crippen LogP contribution in [0.3, 0.4) is 0 Å². The molecule has 0 aromatic carbocycles. The molecule has 0 aliphatic carbocycles. The summed E-state index contributed by atoms with van der Waals surface area (Å²) in [5, 5.41) is 11.1. The van der Waals surface area contributed by atoms with Crippen LogP contribution in [0.1, 0.15) is 37.3 Å². The molecule has 0 bridgehead atoms. The molecule has 9 heteroatoms. The third kappa shape index (κ3) is 5.15. The van der Waals surface area contributed by atoms with Gasteiger partial charge in [-0.15, -0.1) is 12.4 Å². The Morgan fingerprint density at radius 2 is 2.00 bits per heavy atom. The monoisotopic (exact) mass is 383 g/mol. The number of carboxylic acid groups (broad SMARTS) is 1. The van der Waals surface area contributed by atoms with Gasteiger partial charge in [-0.25, -0.2) is 0 Å². The fourth-order valence-corrected chi connectivity index (χ4v) is 3.23. The van der Waals surface area contributed by atoms with E-state index in [0.29, 0.717) is 18.1 Å². The minimum absolute atomic E-state index is 0. The maximum atomic E-state index is 11.7. The highest BCUT2D eigenvalue weighted by atomic mass is 35.5. The van der Waals surface area contributed by atoms with Crippen LogP contribution >= 0.6 is 12.4 Å². The molecule has 3 rings (SSSR count). The average molecular weight is 384 g/mol. The number of rotatable bonds is 5. The number of halogens is 1. The molecule has 0 unspecified atom stereocenters. The number of carbonyl (C=O) groups is 3. The van der Waals surface area contributed by atoms with Crippen molar-refractivity contribution in [2.45, 2.75) is 37.7 Å². The predicted octanol–water partition coefficient (Wildman–Crippen LogP) is 0.951. The van der Waals surface area contributed by atoms with Gasteiger partial charge in [0, 0.05) is 24.5 Å². The van der Waals surface area contributed by atoms with Gasteiger partial charge in [-0.05, 0) is 38.1 Å². The summed E-state index contributed by atoms with van der Waals surface area (Å²) in [5.41, 5.74) is 0.950. The third-order valence-corrected chi connectivity index (χ3v) is 4.59. The van der Waals surface area contributed by atoms with Gasteiger partial charge in [-0.3, -0.25) is 29.6 Å². The molecule has 2 amide bonds. The zero-order chi connectivity index (χ0) is 17.8. The van der Waals surface area contributed by atoms with E-state index in [0.717, 1.165) is 31.6 Å². The Bertz CT molecular complexity index is 659. The topological polar surface area (TPSA) is 109 Å². The molecule has 2 fully saturated rings. The van der Waals surface area contributed by atoms with Crippen LogP contribution in [0.5, 0.6) is 5.75 Å². The third-order valence-electron chi connectivity index (χ3n) is 4.59. The summed E-state index contributed by atoms with van der Waals surface area (Å²) >= 11 is 0. The van der Waals surface area contributed by atoms with Crippen LogP contribution in [0.4, 0.5) is 0 Å². The molecule has 8 nitrogen and oxygen atoms in total. The van der Waals surface area contributed by atoms with Crippen molar-refractivity contribution in [3.8, 4) is 5.75 Å². The molecule has 0 radical (unpaired) electrons. The minimum atomic E-state index is -0.800. The predicted molar refractivity (Wildman–Crippen MR) is 94.3 cm³/mol. The second-order valence-corrected chi connectivity index (χ2v) is 6.42. The van der Waals surface area contributed by atoms with Crippen LogP contribution in [0.15, 0.2) is 18.3 Å². The van der Waals surface area contributed by atoms with E-state index in [4.69, 9.17) is 9.84 Å². The van der Waals surface area contributed by atoms with E-state index in [9.17, 15) is 14.4 Å². The van der Waals surface area contributed by atoms with Gasteiger partial charge >= 0.3 is 5.97 Å². The number of nitrogens with one attached hydrogen (secondary N) is 1. The number of pyridine rings is 1. The van der Waals surface area contributed by atoms with E-state index in [-0.39, 0.29) is 31.3 Å². The van der Waals surface area contributed by atoms with Crippen LogP contribution in [-0.2, 0) is 14.4 Å². The fraction of sp³-hybridized carbons (Fsp3) is 0.529. The molecule has 2 saturated heterocycles. The Morgan fingerprint density at radius 3 is 2.58 bits per heavy atom. The number of hydrogen-bond acceptors (Lipinski definition) is 6. The van der Waals surface area contributed by atoms with Crippen molar-refractivity contribution in [1.82, 2.24) is 15.2 Å². The van der Waals surface area contributed by atoms with Crippen LogP contribution in [-0.4, -0.2) is 58.5 Å². The number of aromatic nitrogens is 1. The lowest BCUT2D eigenvalue weighted by Crippen LogP contribution is -2.46. The first-order chi connectivity index (χ1) is 12.0. The highest BCUT2D eigenvalue weighted by molar-refractivity contribution is 5.99. The highest BCUT2D eigenvalue weighted by Gasteiger charge is 2.28. The lowest BCUT2D eigenvalue weighted by molar-refractivity contribution is -0.139. The summed E-state index contributed by atoms with van der Waals surface area (Å²) in [6, 6.07) is 3.68. The van der Waals surface area contributed by atoms with Gasteiger partial charge in [-0.2, -0.15) is 0 Å². The van der Waals surface area contributed by atoms with Crippen molar-refractivity contribution in [3.05, 3.63) is 24.0 Å². The molecule has 142 valence electrons. The maximum absolute atomic E-state index is 11.7. The Kier molecular flexibility index (Phi) is 6.93. The summed E-state index contributed by atoms with van der Waals surface area (Å²) in [4.78, 5) is 40.0. The number of carbonyl (C=O) groups excluding carboxylic acids is 2. The van der Waals surface area contributed by atoms with Crippen molar-refractivity contribution in [2.75, 3.05) is 19.6 Å². The average Bonchev–Trinajstić information content (AvgIpc) is 2.58. The number of imide groups is 1. The van der Waals surface area contributed by atoms with Crippen molar-refractivity contribution in [1.29, 1.82) is 0 Å². The number of likely N-dealkylation sites (tertiary alicyclic amines) is 1. The molecular formula is C17H22ClN3O5. The molecule has 26 heavy (non-hydrogen) atoms. The number of nitrogens with zero attached hydrogens (tertiary/aromatic N) is 2. The van der Waals surface area contributed by atoms with E-state index < -0.39 is 18.0 Å². The number of carboxylic acids is 1. The first kappa shape index (κ1) is 20.1. The molecule has 3 heterocycles. The van der Waals surface area contributed by atoms with Crippen LogP contribution < -0.4 is 10.1 Å². The van der Waals surface area contributed by atoms with E-state index in [1.165, 1.54) is 0 Å². The largest absolute Gasteiger partial charge is 0.480 e.